The van der Waals surface area contributed by atoms with Gasteiger partial charge >= 0.3 is 0 Å². The molecule has 1 aliphatic rings. The van der Waals surface area contributed by atoms with Gasteiger partial charge in [0.2, 0.25) is 0 Å². The maximum Gasteiger partial charge on any atom is 0.119 e. The fourth-order valence-corrected chi connectivity index (χ4v) is 2.26. The van der Waals surface area contributed by atoms with Crippen molar-refractivity contribution in [3.8, 4) is 17.6 Å². The van der Waals surface area contributed by atoms with Crippen molar-refractivity contribution in [1.82, 2.24) is 0 Å². The third kappa shape index (κ3) is 3.01. The van der Waals surface area contributed by atoms with Gasteiger partial charge in [-0.25, -0.2) is 0 Å². The van der Waals surface area contributed by atoms with E-state index >= 15 is 0 Å². The summed E-state index contributed by atoms with van der Waals surface area (Å²) in [6, 6.07) is 6.47. The van der Waals surface area contributed by atoms with Gasteiger partial charge in [0.15, 0.2) is 0 Å². The Labute approximate surface area is 103 Å². The van der Waals surface area contributed by atoms with Gasteiger partial charge in [-0.05, 0) is 49.4 Å². The van der Waals surface area contributed by atoms with E-state index in [2.05, 4.69) is 24.0 Å². The second-order valence-corrected chi connectivity index (χ2v) is 4.38. The summed E-state index contributed by atoms with van der Waals surface area (Å²) in [6.07, 6.45) is 4.18. The SMILES string of the molecule is CC#CCCOc1ccc2c(c1)CCCC2N. The van der Waals surface area contributed by atoms with Gasteiger partial charge in [0.25, 0.3) is 0 Å². The van der Waals surface area contributed by atoms with Crippen LogP contribution in [0.15, 0.2) is 18.2 Å². The van der Waals surface area contributed by atoms with Gasteiger partial charge in [-0.1, -0.05) is 6.07 Å². The molecule has 17 heavy (non-hydrogen) atoms. The molecule has 0 saturated carbocycles. The lowest BCUT2D eigenvalue weighted by molar-refractivity contribution is 0.326. The zero-order chi connectivity index (χ0) is 12.1. The first-order chi connectivity index (χ1) is 8.31. The molecule has 0 fully saturated rings. The lowest BCUT2D eigenvalue weighted by Gasteiger charge is -2.22. The molecule has 2 heteroatoms. The van der Waals surface area contributed by atoms with E-state index < -0.39 is 0 Å². The number of benzene rings is 1. The summed E-state index contributed by atoms with van der Waals surface area (Å²) >= 11 is 0. The van der Waals surface area contributed by atoms with Crippen LogP contribution < -0.4 is 10.5 Å². The van der Waals surface area contributed by atoms with Crippen molar-refractivity contribution in [1.29, 1.82) is 0 Å². The van der Waals surface area contributed by atoms with Gasteiger partial charge in [0, 0.05) is 12.5 Å². The molecule has 0 aliphatic heterocycles. The number of nitrogens with two attached hydrogens (primary N) is 1. The number of rotatable bonds is 3. The highest BCUT2D eigenvalue weighted by molar-refractivity contribution is 5.38. The molecule has 0 saturated heterocycles. The number of ether oxygens (including phenoxy) is 1. The summed E-state index contributed by atoms with van der Waals surface area (Å²) in [5.41, 5.74) is 8.72. The largest absolute Gasteiger partial charge is 0.493 e. The fraction of sp³-hybridized carbons (Fsp3) is 0.467. The Kier molecular flexibility index (Phi) is 4.06. The maximum absolute atomic E-state index is 6.08. The number of aryl methyl sites for hydroxylation is 1. The monoisotopic (exact) mass is 229 g/mol. The van der Waals surface area contributed by atoms with Crippen molar-refractivity contribution >= 4 is 0 Å². The normalized spacial score (nSPS) is 17.9. The molecular formula is C15H19NO. The van der Waals surface area contributed by atoms with Crippen molar-refractivity contribution < 1.29 is 4.74 Å². The maximum atomic E-state index is 6.08. The molecule has 0 radical (unpaired) electrons. The van der Waals surface area contributed by atoms with Crippen LogP contribution in [0.2, 0.25) is 0 Å². The molecule has 2 nitrogen and oxygen atoms in total. The molecule has 2 N–H and O–H groups in total. The van der Waals surface area contributed by atoms with E-state index in [1.807, 2.05) is 13.0 Å². The average Bonchev–Trinajstić information content (AvgIpc) is 2.35. The van der Waals surface area contributed by atoms with E-state index in [1.54, 1.807) is 0 Å². The fourth-order valence-electron chi connectivity index (χ4n) is 2.26. The predicted octanol–water partition coefficient (Wildman–Crippen LogP) is 2.81. The van der Waals surface area contributed by atoms with Gasteiger partial charge in [-0.2, -0.15) is 0 Å². The van der Waals surface area contributed by atoms with E-state index in [9.17, 15) is 0 Å². The molecule has 0 spiro atoms. The first kappa shape index (κ1) is 12.0. The Bertz CT molecular complexity index is 442. The Morgan fingerprint density at radius 1 is 1.47 bits per heavy atom. The van der Waals surface area contributed by atoms with Crippen LogP contribution >= 0.6 is 0 Å². The Hall–Kier alpha value is -1.46. The lowest BCUT2D eigenvalue weighted by atomic mass is 9.88. The van der Waals surface area contributed by atoms with E-state index in [-0.39, 0.29) is 6.04 Å². The van der Waals surface area contributed by atoms with Crippen molar-refractivity contribution in [3.63, 3.8) is 0 Å². The zero-order valence-corrected chi connectivity index (χ0v) is 10.3. The number of hydrogen-bond donors (Lipinski definition) is 1. The smallest absolute Gasteiger partial charge is 0.119 e. The standard InChI is InChI=1S/C15H19NO/c1-2-3-4-10-17-13-8-9-14-12(11-13)6-5-7-15(14)16/h8-9,11,15H,4-7,10,16H2,1H3. The van der Waals surface area contributed by atoms with Crippen molar-refractivity contribution in [2.24, 2.45) is 5.73 Å². The summed E-state index contributed by atoms with van der Waals surface area (Å²) in [6.45, 7) is 2.51. The number of hydrogen-bond acceptors (Lipinski definition) is 2. The van der Waals surface area contributed by atoms with Crippen molar-refractivity contribution in [3.05, 3.63) is 29.3 Å². The summed E-state index contributed by atoms with van der Waals surface area (Å²) in [4.78, 5) is 0. The van der Waals surface area contributed by atoms with Crippen LogP contribution in [0.25, 0.3) is 0 Å². The third-order valence-corrected chi connectivity index (χ3v) is 3.15. The molecular weight excluding hydrogens is 210 g/mol. The van der Waals surface area contributed by atoms with E-state index in [0.29, 0.717) is 6.61 Å². The molecule has 1 atom stereocenters. The van der Waals surface area contributed by atoms with Gasteiger partial charge in [0.1, 0.15) is 5.75 Å². The molecule has 1 unspecified atom stereocenters. The molecule has 1 aliphatic carbocycles. The minimum Gasteiger partial charge on any atom is -0.493 e. The average molecular weight is 229 g/mol. The highest BCUT2D eigenvalue weighted by Crippen LogP contribution is 2.30. The van der Waals surface area contributed by atoms with Crippen molar-refractivity contribution in [2.45, 2.75) is 38.6 Å². The summed E-state index contributed by atoms with van der Waals surface area (Å²) in [7, 11) is 0. The molecule has 1 aromatic carbocycles. The predicted molar refractivity (Wildman–Crippen MR) is 69.9 cm³/mol. The second-order valence-electron chi connectivity index (χ2n) is 4.38. The first-order valence-corrected chi connectivity index (χ1v) is 6.22. The summed E-state index contributed by atoms with van der Waals surface area (Å²) < 4.78 is 5.67. The molecule has 2 rings (SSSR count). The van der Waals surface area contributed by atoms with Crippen LogP contribution in [0.5, 0.6) is 5.75 Å². The Morgan fingerprint density at radius 2 is 2.35 bits per heavy atom. The molecule has 0 bridgehead atoms. The van der Waals surface area contributed by atoms with Gasteiger partial charge in [0.05, 0.1) is 6.61 Å². The molecule has 0 aromatic heterocycles. The minimum atomic E-state index is 0.207. The van der Waals surface area contributed by atoms with Crippen molar-refractivity contribution in [2.75, 3.05) is 6.61 Å². The topological polar surface area (TPSA) is 35.2 Å². The first-order valence-electron chi connectivity index (χ1n) is 6.22. The summed E-state index contributed by atoms with van der Waals surface area (Å²) in [5, 5.41) is 0. The lowest BCUT2D eigenvalue weighted by Crippen LogP contribution is -2.17. The van der Waals surface area contributed by atoms with Crippen LogP contribution in [0, 0.1) is 11.8 Å². The van der Waals surface area contributed by atoms with Crippen LogP contribution in [-0.2, 0) is 6.42 Å². The highest BCUT2D eigenvalue weighted by Gasteiger charge is 2.16. The minimum absolute atomic E-state index is 0.207. The molecule has 0 amide bonds. The molecule has 90 valence electrons. The third-order valence-electron chi connectivity index (χ3n) is 3.15. The second kappa shape index (κ2) is 5.75. The van der Waals surface area contributed by atoms with Gasteiger partial charge in [-0.15, -0.1) is 11.8 Å². The van der Waals surface area contributed by atoms with E-state index in [1.165, 1.54) is 17.5 Å². The van der Waals surface area contributed by atoms with Crippen LogP contribution in [0.1, 0.15) is 43.4 Å². The van der Waals surface area contributed by atoms with Crippen LogP contribution in [0.4, 0.5) is 0 Å². The number of fused-ring (bicyclic) bond motifs is 1. The molecule has 0 heterocycles. The highest BCUT2D eigenvalue weighted by atomic mass is 16.5. The Morgan fingerprint density at radius 3 is 3.18 bits per heavy atom. The zero-order valence-electron chi connectivity index (χ0n) is 10.3. The van der Waals surface area contributed by atoms with Crippen LogP contribution in [0.3, 0.4) is 0 Å². The quantitative estimate of drug-likeness (QED) is 0.639. The van der Waals surface area contributed by atoms with Gasteiger partial charge < -0.3 is 10.5 Å². The van der Waals surface area contributed by atoms with Crippen LogP contribution in [-0.4, -0.2) is 6.61 Å². The van der Waals surface area contributed by atoms with Gasteiger partial charge in [-0.3, -0.25) is 0 Å². The van der Waals surface area contributed by atoms with E-state index in [4.69, 9.17) is 10.5 Å². The van der Waals surface area contributed by atoms with E-state index in [0.717, 1.165) is 25.0 Å². The Balaban J connectivity index is 2.02. The summed E-state index contributed by atoms with van der Waals surface area (Å²) in [5.74, 6) is 6.80. The molecule has 1 aromatic rings.